The molecule has 10 heteroatoms. The summed E-state index contributed by atoms with van der Waals surface area (Å²) in [4.78, 5) is 34.2. The molecule has 0 aliphatic rings. The Bertz CT molecular complexity index is 1180. The second-order valence-corrected chi connectivity index (χ2v) is 7.35. The summed E-state index contributed by atoms with van der Waals surface area (Å²) >= 11 is 0. The summed E-state index contributed by atoms with van der Waals surface area (Å²) < 4.78 is 10.7. The second kappa shape index (κ2) is 12.5. The molecular weight excluding hydrogens is 452 g/mol. The van der Waals surface area contributed by atoms with E-state index < -0.39 is 4.92 Å². The smallest absolute Gasteiger partial charge is 0.269 e. The molecule has 0 spiro atoms. The number of ether oxygens (including phenoxy) is 2. The van der Waals surface area contributed by atoms with Crippen molar-refractivity contribution < 1.29 is 24.0 Å². The lowest BCUT2D eigenvalue weighted by Gasteiger charge is -2.06. The standard InChI is InChI=1S/C25H24N4O6/c1-34-22-12-6-20(7-13-22)27-24(30)14-15-25(31)28-26-16-18-4-10-23(11-5-18)35-17-19-2-8-21(9-3-19)29(32)33/h2-13,16H,14-15,17H2,1H3,(H,27,30)(H,28,31). The number of hydrogen-bond acceptors (Lipinski definition) is 7. The molecule has 3 aromatic rings. The normalized spacial score (nSPS) is 10.5. The first-order valence-electron chi connectivity index (χ1n) is 10.6. The van der Waals surface area contributed by atoms with Crippen molar-refractivity contribution in [1.29, 1.82) is 0 Å². The van der Waals surface area contributed by atoms with Gasteiger partial charge >= 0.3 is 0 Å². The Morgan fingerprint density at radius 2 is 1.54 bits per heavy atom. The minimum Gasteiger partial charge on any atom is -0.497 e. The minimum absolute atomic E-state index is 0.00521. The van der Waals surface area contributed by atoms with Crippen molar-refractivity contribution in [2.24, 2.45) is 5.10 Å². The maximum Gasteiger partial charge on any atom is 0.269 e. The largest absolute Gasteiger partial charge is 0.497 e. The van der Waals surface area contributed by atoms with Crippen LogP contribution in [0.25, 0.3) is 0 Å². The van der Waals surface area contributed by atoms with E-state index in [0.717, 1.165) is 11.1 Å². The Balaban J connectivity index is 1.37. The van der Waals surface area contributed by atoms with Crippen LogP contribution < -0.4 is 20.2 Å². The molecular formula is C25H24N4O6. The van der Waals surface area contributed by atoms with Crippen LogP contribution in [0.1, 0.15) is 24.0 Å². The number of nitro benzene ring substituents is 1. The number of anilines is 1. The summed E-state index contributed by atoms with van der Waals surface area (Å²) in [5.74, 6) is 0.643. The van der Waals surface area contributed by atoms with Crippen LogP contribution in [0.15, 0.2) is 77.9 Å². The Morgan fingerprint density at radius 3 is 2.17 bits per heavy atom. The molecule has 10 nitrogen and oxygen atoms in total. The molecule has 0 saturated carbocycles. The number of non-ortho nitro benzene ring substituents is 1. The number of hydrogen-bond donors (Lipinski definition) is 2. The van der Waals surface area contributed by atoms with E-state index in [0.29, 0.717) is 17.2 Å². The van der Waals surface area contributed by atoms with E-state index in [1.807, 2.05) is 0 Å². The van der Waals surface area contributed by atoms with Gasteiger partial charge in [-0.15, -0.1) is 0 Å². The van der Waals surface area contributed by atoms with Gasteiger partial charge < -0.3 is 14.8 Å². The van der Waals surface area contributed by atoms with E-state index in [1.54, 1.807) is 67.8 Å². The minimum atomic E-state index is -0.450. The average Bonchev–Trinajstić information content (AvgIpc) is 2.87. The number of methoxy groups -OCH3 is 1. The molecule has 3 rings (SSSR count). The monoisotopic (exact) mass is 476 g/mol. The van der Waals surface area contributed by atoms with Gasteiger partial charge in [0.15, 0.2) is 0 Å². The van der Waals surface area contributed by atoms with Crippen molar-refractivity contribution in [3.8, 4) is 11.5 Å². The zero-order valence-corrected chi connectivity index (χ0v) is 19.0. The first-order valence-corrected chi connectivity index (χ1v) is 10.6. The zero-order valence-electron chi connectivity index (χ0n) is 19.0. The Labute approximate surface area is 201 Å². The second-order valence-electron chi connectivity index (χ2n) is 7.35. The van der Waals surface area contributed by atoms with Gasteiger partial charge in [-0.1, -0.05) is 0 Å². The quantitative estimate of drug-likeness (QED) is 0.244. The fraction of sp³-hybridized carbons (Fsp3) is 0.160. The number of carbonyl (C=O) groups is 2. The van der Waals surface area contributed by atoms with Crippen LogP contribution in [0.5, 0.6) is 11.5 Å². The maximum atomic E-state index is 12.0. The molecule has 180 valence electrons. The highest BCUT2D eigenvalue weighted by atomic mass is 16.6. The van der Waals surface area contributed by atoms with Gasteiger partial charge in [-0.2, -0.15) is 5.10 Å². The maximum absolute atomic E-state index is 12.0. The van der Waals surface area contributed by atoms with Crippen LogP contribution in [0.4, 0.5) is 11.4 Å². The van der Waals surface area contributed by atoms with Crippen molar-refractivity contribution in [3.63, 3.8) is 0 Å². The van der Waals surface area contributed by atoms with Crippen molar-refractivity contribution in [3.05, 3.63) is 94.0 Å². The van der Waals surface area contributed by atoms with Crippen LogP contribution in [0.3, 0.4) is 0 Å². The molecule has 0 saturated heterocycles. The SMILES string of the molecule is COc1ccc(NC(=O)CCC(=O)NN=Cc2ccc(OCc3ccc([N+](=O)[O-])cc3)cc2)cc1. The molecule has 2 N–H and O–H groups in total. The molecule has 0 unspecified atom stereocenters. The average molecular weight is 476 g/mol. The van der Waals surface area contributed by atoms with Gasteiger partial charge in [0.25, 0.3) is 5.69 Å². The fourth-order valence-electron chi connectivity index (χ4n) is 2.89. The summed E-state index contributed by atoms with van der Waals surface area (Å²) in [6.45, 7) is 0.271. The Hall–Kier alpha value is -4.73. The number of nitrogens with zero attached hydrogens (tertiary/aromatic N) is 2. The molecule has 0 bridgehead atoms. The fourth-order valence-corrected chi connectivity index (χ4v) is 2.89. The number of hydrazone groups is 1. The van der Waals surface area contributed by atoms with E-state index in [9.17, 15) is 19.7 Å². The third kappa shape index (κ3) is 8.28. The van der Waals surface area contributed by atoms with Crippen LogP contribution in [-0.4, -0.2) is 30.1 Å². The summed E-state index contributed by atoms with van der Waals surface area (Å²) in [6, 6.07) is 20.1. The van der Waals surface area contributed by atoms with E-state index in [1.165, 1.54) is 18.3 Å². The van der Waals surface area contributed by atoms with Gasteiger partial charge in [-0.25, -0.2) is 5.43 Å². The molecule has 0 fully saturated rings. The molecule has 2 amide bonds. The molecule has 3 aromatic carbocycles. The van der Waals surface area contributed by atoms with Crippen LogP contribution in [0.2, 0.25) is 0 Å². The third-order valence-corrected chi connectivity index (χ3v) is 4.79. The lowest BCUT2D eigenvalue weighted by Crippen LogP contribution is -2.20. The Morgan fingerprint density at radius 1 is 0.914 bits per heavy atom. The molecule has 0 aliphatic carbocycles. The highest BCUT2D eigenvalue weighted by Crippen LogP contribution is 2.17. The zero-order chi connectivity index (χ0) is 25.0. The van der Waals surface area contributed by atoms with E-state index >= 15 is 0 Å². The molecule has 0 heterocycles. The van der Waals surface area contributed by atoms with Crippen molar-refractivity contribution >= 4 is 29.4 Å². The van der Waals surface area contributed by atoms with Gasteiger partial charge in [-0.05, 0) is 71.8 Å². The summed E-state index contributed by atoms with van der Waals surface area (Å²) in [6.07, 6.45) is 1.50. The number of nitrogens with one attached hydrogen (secondary N) is 2. The number of rotatable bonds is 11. The predicted octanol–water partition coefficient (Wildman–Crippen LogP) is 4.05. The summed E-state index contributed by atoms with van der Waals surface area (Å²) in [5.41, 5.74) is 4.59. The van der Waals surface area contributed by atoms with Gasteiger partial charge in [0.1, 0.15) is 18.1 Å². The van der Waals surface area contributed by atoms with Crippen LogP contribution in [-0.2, 0) is 16.2 Å². The highest BCUT2D eigenvalue weighted by molar-refractivity contribution is 5.93. The molecule has 0 atom stereocenters. The highest BCUT2D eigenvalue weighted by Gasteiger charge is 2.07. The van der Waals surface area contributed by atoms with Crippen LogP contribution in [0, 0.1) is 10.1 Å². The van der Waals surface area contributed by atoms with Gasteiger partial charge in [0.2, 0.25) is 11.8 Å². The van der Waals surface area contributed by atoms with E-state index in [-0.39, 0.29) is 37.0 Å². The van der Waals surface area contributed by atoms with E-state index in [4.69, 9.17) is 9.47 Å². The van der Waals surface area contributed by atoms with Crippen molar-refractivity contribution in [1.82, 2.24) is 5.43 Å². The van der Waals surface area contributed by atoms with Crippen LogP contribution >= 0.6 is 0 Å². The van der Waals surface area contributed by atoms with Gasteiger partial charge in [0, 0.05) is 30.7 Å². The van der Waals surface area contributed by atoms with Gasteiger partial charge in [-0.3, -0.25) is 19.7 Å². The molecule has 0 radical (unpaired) electrons. The number of benzene rings is 3. The molecule has 0 aliphatic heterocycles. The summed E-state index contributed by atoms with van der Waals surface area (Å²) in [7, 11) is 1.56. The number of carbonyl (C=O) groups excluding carboxylic acids is 2. The lowest BCUT2D eigenvalue weighted by molar-refractivity contribution is -0.384. The number of nitro groups is 1. The first kappa shape index (κ1) is 24.9. The molecule has 35 heavy (non-hydrogen) atoms. The Kier molecular flexibility index (Phi) is 8.89. The van der Waals surface area contributed by atoms with E-state index in [2.05, 4.69) is 15.8 Å². The molecule has 0 aromatic heterocycles. The topological polar surface area (TPSA) is 132 Å². The van der Waals surface area contributed by atoms with Gasteiger partial charge in [0.05, 0.1) is 18.2 Å². The van der Waals surface area contributed by atoms with Crippen molar-refractivity contribution in [2.45, 2.75) is 19.4 Å². The van der Waals surface area contributed by atoms with Crippen molar-refractivity contribution in [2.75, 3.05) is 12.4 Å². The first-order chi connectivity index (χ1) is 16.9. The lowest BCUT2D eigenvalue weighted by atomic mass is 10.2. The predicted molar refractivity (Wildman–Crippen MR) is 130 cm³/mol. The third-order valence-electron chi connectivity index (χ3n) is 4.79. The summed E-state index contributed by atoms with van der Waals surface area (Å²) in [5, 5.41) is 17.3. The number of amides is 2.